The summed E-state index contributed by atoms with van der Waals surface area (Å²) < 4.78 is 11.2. The van der Waals surface area contributed by atoms with Crippen molar-refractivity contribution in [1.29, 1.82) is 0 Å². The topological polar surface area (TPSA) is 66.6 Å². The van der Waals surface area contributed by atoms with Crippen LogP contribution in [0.15, 0.2) is 24.3 Å². The second-order valence-corrected chi connectivity index (χ2v) is 7.48. The largest absolute Gasteiger partial charge is 0.490 e. The molecule has 6 heteroatoms. The van der Waals surface area contributed by atoms with Crippen LogP contribution in [0.2, 0.25) is 0 Å². The lowest BCUT2D eigenvalue weighted by atomic mass is 10.1. The number of ether oxygens (including phenoxy) is 2. The van der Waals surface area contributed by atoms with E-state index in [2.05, 4.69) is 29.0 Å². The number of piperidine rings is 1. The monoisotopic (exact) mass is 373 g/mol. The van der Waals surface area contributed by atoms with Crippen LogP contribution >= 0.6 is 0 Å². The molecular formula is C21H31N3O3. The molecule has 1 aromatic heterocycles. The van der Waals surface area contributed by atoms with E-state index in [0.29, 0.717) is 24.9 Å². The number of nitrogens with zero attached hydrogens (tertiary/aromatic N) is 1. The second-order valence-electron chi connectivity index (χ2n) is 7.48. The minimum atomic E-state index is -0.0918. The van der Waals surface area contributed by atoms with Crippen molar-refractivity contribution in [2.45, 2.75) is 45.3 Å². The van der Waals surface area contributed by atoms with Crippen LogP contribution in [-0.4, -0.2) is 61.3 Å². The summed E-state index contributed by atoms with van der Waals surface area (Å²) in [6.45, 7) is 7.90. The van der Waals surface area contributed by atoms with E-state index in [-0.39, 0.29) is 12.0 Å². The predicted octanol–water partition coefficient (Wildman–Crippen LogP) is 3.19. The molecule has 2 heterocycles. The number of benzene rings is 1. The summed E-state index contributed by atoms with van der Waals surface area (Å²) in [6, 6.07) is 8.46. The van der Waals surface area contributed by atoms with E-state index in [1.807, 2.05) is 24.3 Å². The zero-order valence-corrected chi connectivity index (χ0v) is 16.6. The van der Waals surface area contributed by atoms with E-state index in [4.69, 9.17) is 9.47 Å². The first-order valence-corrected chi connectivity index (χ1v) is 9.87. The number of rotatable bonds is 8. The molecule has 0 radical (unpaired) electrons. The highest BCUT2D eigenvalue weighted by molar-refractivity contribution is 5.98. The summed E-state index contributed by atoms with van der Waals surface area (Å²) in [7, 11) is 1.66. The van der Waals surface area contributed by atoms with Gasteiger partial charge in [0.15, 0.2) is 0 Å². The molecule has 2 N–H and O–H groups in total. The highest BCUT2D eigenvalue weighted by Gasteiger charge is 2.22. The Labute approximate surface area is 161 Å². The van der Waals surface area contributed by atoms with E-state index in [0.717, 1.165) is 49.0 Å². The van der Waals surface area contributed by atoms with Gasteiger partial charge in [0.25, 0.3) is 5.91 Å². The van der Waals surface area contributed by atoms with Crippen LogP contribution in [0.3, 0.4) is 0 Å². The highest BCUT2D eigenvalue weighted by Crippen LogP contribution is 2.25. The fraction of sp³-hybridized carbons (Fsp3) is 0.571. The third-order valence-corrected chi connectivity index (χ3v) is 5.16. The summed E-state index contributed by atoms with van der Waals surface area (Å²) in [4.78, 5) is 17.9. The summed E-state index contributed by atoms with van der Waals surface area (Å²) in [5.74, 6) is 0.780. The molecule has 148 valence electrons. The molecule has 0 saturated carbocycles. The minimum Gasteiger partial charge on any atom is -0.490 e. The lowest BCUT2D eigenvalue weighted by Gasteiger charge is -2.34. The molecule has 1 fully saturated rings. The van der Waals surface area contributed by atoms with Crippen molar-refractivity contribution in [1.82, 2.24) is 15.2 Å². The van der Waals surface area contributed by atoms with Crippen LogP contribution in [0.1, 0.15) is 43.6 Å². The average Bonchev–Trinajstić information content (AvgIpc) is 3.09. The summed E-state index contributed by atoms with van der Waals surface area (Å²) in [6.07, 6.45) is 3.17. The van der Waals surface area contributed by atoms with E-state index in [1.54, 1.807) is 7.11 Å². The van der Waals surface area contributed by atoms with Crippen LogP contribution in [0, 0.1) is 0 Å². The lowest BCUT2D eigenvalue weighted by molar-refractivity contribution is 0.0844. The van der Waals surface area contributed by atoms with E-state index < -0.39 is 0 Å². The standard InChI is InChI=1S/C21H31N3O3/c1-15(2)24-10-7-17(8-11-24)27-18-5-6-19-16(13-18)14-20(23-19)21(25)22-9-4-12-26-3/h5-6,13-15,17,23H,4,7-12H2,1-3H3,(H,22,25). The summed E-state index contributed by atoms with van der Waals surface area (Å²) >= 11 is 0. The van der Waals surface area contributed by atoms with Gasteiger partial charge >= 0.3 is 0 Å². The Balaban J connectivity index is 1.58. The van der Waals surface area contributed by atoms with Gasteiger partial charge < -0.3 is 24.7 Å². The van der Waals surface area contributed by atoms with Gasteiger partial charge in [-0.15, -0.1) is 0 Å². The Kier molecular flexibility index (Phi) is 6.74. The molecule has 0 spiro atoms. The highest BCUT2D eigenvalue weighted by atomic mass is 16.5. The number of carbonyl (C=O) groups is 1. The Morgan fingerprint density at radius 3 is 2.78 bits per heavy atom. The van der Waals surface area contributed by atoms with E-state index in [1.165, 1.54) is 0 Å². The first-order valence-electron chi connectivity index (χ1n) is 9.87. The first-order chi connectivity index (χ1) is 13.1. The number of amides is 1. The summed E-state index contributed by atoms with van der Waals surface area (Å²) in [5, 5.41) is 3.90. The molecule has 0 unspecified atom stereocenters. The molecule has 1 amide bonds. The first kappa shape index (κ1) is 19.7. The Morgan fingerprint density at radius 2 is 2.07 bits per heavy atom. The second kappa shape index (κ2) is 9.24. The number of likely N-dealkylation sites (tertiary alicyclic amines) is 1. The molecule has 6 nitrogen and oxygen atoms in total. The van der Waals surface area contributed by atoms with E-state index in [9.17, 15) is 4.79 Å². The Hall–Kier alpha value is -2.05. The molecule has 0 atom stereocenters. The number of aromatic amines is 1. The van der Waals surface area contributed by atoms with Gasteiger partial charge in [-0.3, -0.25) is 4.79 Å². The minimum absolute atomic E-state index is 0.0918. The molecule has 1 aliphatic rings. The van der Waals surface area contributed by atoms with Crippen molar-refractivity contribution in [2.75, 3.05) is 33.4 Å². The van der Waals surface area contributed by atoms with Crippen LogP contribution in [0.5, 0.6) is 5.75 Å². The third-order valence-electron chi connectivity index (χ3n) is 5.16. The molecule has 0 bridgehead atoms. The number of H-pyrrole nitrogens is 1. The zero-order chi connectivity index (χ0) is 19.2. The third kappa shape index (κ3) is 5.23. The number of aromatic nitrogens is 1. The van der Waals surface area contributed by atoms with Gasteiger partial charge in [0.05, 0.1) is 0 Å². The van der Waals surface area contributed by atoms with Crippen LogP contribution in [0.25, 0.3) is 10.9 Å². The smallest absolute Gasteiger partial charge is 0.267 e. The molecule has 1 aliphatic heterocycles. The maximum Gasteiger partial charge on any atom is 0.267 e. The van der Waals surface area contributed by atoms with Crippen molar-refractivity contribution in [3.63, 3.8) is 0 Å². The predicted molar refractivity (Wildman–Crippen MR) is 107 cm³/mol. The number of methoxy groups -OCH3 is 1. The van der Waals surface area contributed by atoms with Crippen molar-refractivity contribution in [3.05, 3.63) is 30.0 Å². The zero-order valence-electron chi connectivity index (χ0n) is 16.6. The van der Waals surface area contributed by atoms with Crippen LogP contribution in [-0.2, 0) is 4.74 Å². The quantitative estimate of drug-likeness (QED) is 0.698. The van der Waals surface area contributed by atoms with Crippen molar-refractivity contribution < 1.29 is 14.3 Å². The van der Waals surface area contributed by atoms with Crippen LogP contribution < -0.4 is 10.1 Å². The van der Waals surface area contributed by atoms with Gasteiger partial charge in [-0.25, -0.2) is 0 Å². The van der Waals surface area contributed by atoms with Gasteiger partial charge in [0, 0.05) is 50.3 Å². The molecule has 0 aliphatic carbocycles. The van der Waals surface area contributed by atoms with Crippen molar-refractivity contribution in [2.24, 2.45) is 0 Å². The van der Waals surface area contributed by atoms with Gasteiger partial charge in [-0.05, 0) is 57.4 Å². The van der Waals surface area contributed by atoms with Crippen LogP contribution in [0.4, 0.5) is 0 Å². The van der Waals surface area contributed by atoms with Gasteiger partial charge in [-0.2, -0.15) is 0 Å². The van der Waals surface area contributed by atoms with E-state index >= 15 is 0 Å². The number of nitrogens with one attached hydrogen (secondary N) is 2. The number of hydrogen-bond acceptors (Lipinski definition) is 4. The molecule has 2 aromatic rings. The Morgan fingerprint density at radius 1 is 1.30 bits per heavy atom. The van der Waals surface area contributed by atoms with Gasteiger partial charge in [0.1, 0.15) is 17.5 Å². The lowest BCUT2D eigenvalue weighted by Crippen LogP contribution is -2.41. The fourth-order valence-electron chi connectivity index (χ4n) is 3.52. The number of fused-ring (bicyclic) bond motifs is 1. The van der Waals surface area contributed by atoms with Gasteiger partial charge in [0.2, 0.25) is 0 Å². The number of carbonyl (C=O) groups excluding carboxylic acids is 1. The fourth-order valence-corrected chi connectivity index (χ4v) is 3.52. The molecule has 1 aromatic carbocycles. The molecule has 1 saturated heterocycles. The number of hydrogen-bond donors (Lipinski definition) is 2. The maximum absolute atomic E-state index is 12.2. The SMILES string of the molecule is COCCCNC(=O)c1cc2cc(OC3CCN(C(C)C)CC3)ccc2[nH]1. The van der Waals surface area contributed by atoms with Crippen molar-refractivity contribution in [3.8, 4) is 5.75 Å². The molecule has 27 heavy (non-hydrogen) atoms. The molecule has 3 rings (SSSR count). The maximum atomic E-state index is 12.2. The Bertz CT molecular complexity index is 748. The normalized spacial score (nSPS) is 16.1. The average molecular weight is 373 g/mol. The summed E-state index contributed by atoms with van der Waals surface area (Å²) in [5.41, 5.74) is 1.52. The van der Waals surface area contributed by atoms with Crippen molar-refractivity contribution >= 4 is 16.8 Å². The molecular weight excluding hydrogens is 342 g/mol. The van der Waals surface area contributed by atoms with Gasteiger partial charge in [-0.1, -0.05) is 0 Å².